The summed E-state index contributed by atoms with van der Waals surface area (Å²) < 4.78 is 44.1. The maximum absolute atomic E-state index is 13.1. The molecule has 0 N–H and O–H groups in total. The first kappa shape index (κ1) is 14.4. The van der Waals surface area contributed by atoms with Crippen molar-refractivity contribution in [3.05, 3.63) is 35.4 Å². The third-order valence-corrected chi connectivity index (χ3v) is 4.62. The summed E-state index contributed by atoms with van der Waals surface area (Å²) in [6.45, 7) is 0. The van der Waals surface area contributed by atoms with Gasteiger partial charge in [-0.1, -0.05) is 12.1 Å². The number of alkyl halides is 3. The van der Waals surface area contributed by atoms with Gasteiger partial charge in [-0.15, -0.1) is 0 Å². The van der Waals surface area contributed by atoms with Gasteiger partial charge in [0.15, 0.2) is 0 Å². The van der Waals surface area contributed by atoms with Gasteiger partial charge in [0.25, 0.3) is 0 Å². The highest BCUT2D eigenvalue weighted by molar-refractivity contribution is 5.69. The largest absolute Gasteiger partial charge is 0.496 e. The molecule has 2 atom stereocenters. The average molecular weight is 297 g/mol. The van der Waals surface area contributed by atoms with Crippen molar-refractivity contribution in [2.24, 2.45) is 0 Å². The van der Waals surface area contributed by atoms with Crippen LogP contribution in [0.4, 0.5) is 13.2 Å². The molecule has 2 heterocycles. The topological polar surface area (TPSA) is 12.5 Å². The van der Waals surface area contributed by atoms with Gasteiger partial charge in [0.2, 0.25) is 0 Å². The molecule has 1 fully saturated rings. The molecular weight excluding hydrogens is 279 g/mol. The molecule has 2 aliphatic rings. The Morgan fingerprint density at radius 3 is 2.62 bits per heavy atom. The molecule has 0 radical (unpaired) electrons. The van der Waals surface area contributed by atoms with Gasteiger partial charge in [0.1, 0.15) is 5.75 Å². The highest BCUT2D eigenvalue weighted by Gasteiger charge is 2.37. The summed E-state index contributed by atoms with van der Waals surface area (Å²) >= 11 is 0. The van der Waals surface area contributed by atoms with E-state index >= 15 is 0 Å². The number of benzene rings is 1. The van der Waals surface area contributed by atoms with Crippen molar-refractivity contribution in [3.8, 4) is 5.75 Å². The minimum Gasteiger partial charge on any atom is -0.496 e. The van der Waals surface area contributed by atoms with Crippen LogP contribution in [0.2, 0.25) is 0 Å². The number of halogens is 3. The van der Waals surface area contributed by atoms with Gasteiger partial charge in [0.05, 0.1) is 12.7 Å². The monoisotopic (exact) mass is 297 g/mol. The Morgan fingerprint density at radius 2 is 2.00 bits per heavy atom. The van der Waals surface area contributed by atoms with E-state index in [0.29, 0.717) is 17.6 Å². The molecule has 21 heavy (non-hydrogen) atoms. The van der Waals surface area contributed by atoms with Crippen LogP contribution < -0.4 is 4.74 Å². The molecule has 1 aromatic rings. The normalized spacial score (nSPS) is 25.9. The molecule has 0 spiro atoms. The molecule has 0 amide bonds. The van der Waals surface area contributed by atoms with Gasteiger partial charge in [-0.05, 0) is 49.6 Å². The number of fused-ring (bicyclic) bond motifs is 2. The lowest BCUT2D eigenvalue weighted by atomic mass is 9.93. The molecule has 2 bridgehead atoms. The molecular formula is C16H18F3NO. The highest BCUT2D eigenvalue weighted by atomic mass is 19.4. The van der Waals surface area contributed by atoms with E-state index in [9.17, 15) is 13.2 Å². The quantitative estimate of drug-likeness (QED) is 0.819. The van der Waals surface area contributed by atoms with Gasteiger partial charge >= 0.3 is 6.18 Å². The van der Waals surface area contributed by atoms with Crippen LogP contribution >= 0.6 is 0 Å². The van der Waals surface area contributed by atoms with E-state index in [0.717, 1.165) is 24.8 Å². The second-order valence-corrected chi connectivity index (χ2v) is 5.77. The zero-order chi connectivity index (χ0) is 15.2. The maximum atomic E-state index is 13.1. The number of rotatable bonds is 2. The van der Waals surface area contributed by atoms with E-state index in [1.807, 2.05) is 0 Å². The summed E-state index contributed by atoms with van der Waals surface area (Å²) in [5.41, 5.74) is 0.983. The van der Waals surface area contributed by atoms with E-state index in [1.54, 1.807) is 6.07 Å². The van der Waals surface area contributed by atoms with E-state index in [-0.39, 0.29) is 5.75 Å². The van der Waals surface area contributed by atoms with Gasteiger partial charge < -0.3 is 4.74 Å². The second-order valence-electron chi connectivity index (χ2n) is 5.77. The fourth-order valence-corrected chi connectivity index (χ4v) is 3.39. The van der Waals surface area contributed by atoms with Crippen molar-refractivity contribution >= 4 is 5.57 Å². The number of hydrogen-bond acceptors (Lipinski definition) is 2. The van der Waals surface area contributed by atoms with Crippen LogP contribution in [0.15, 0.2) is 24.3 Å². The third kappa shape index (κ3) is 2.55. The predicted molar refractivity (Wildman–Crippen MR) is 75.2 cm³/mol. The standard InChI is InChI=1S/C16H18F3NO/c1-20-12-4-5-13(20)8-11(7-12)10-3-6-15(21-2)14(9-10)16(17,18)19/h3,6-7,9,12-13H,4-5,8H2,1-2H3. The van der Waals surface area contributed by atoms with E-state index in [4.69, 9.17) is 4.74 Å². The first-order chi connectivity index (χ1) is 9.90. The molecule has 2 unspecified atom stereocenters. The fourth-order valence-electron chi connectivity index (χ4n) is 3.39. The SMILES string of the molecule is COc1ccc(C2=CC3CCC(C2)N3C)cc1C(F)(F)F. The molecule has 2 nitrogen and oxygen atoms in total. The molecule has 0 saturated carbocycles. The molecule has 2 aliphatic heterocycles. The highest BCUT2D eigenvalue weighted by Crippen LogP contribution is 2.41. The molecule has 1 aromatic carbocycles. The summed E-state index contributed by atoms with van der Waals surface area (Å²) in [7, 11) is 3.35. The summed E-state index contributed by atoms with van der Waals surface area (Å²) in [5.74, 6) is -0.122. The van der Waals surface area contributed by atoms with Gasteiger partial charge in [-0.25, -0.2) is 0 Å². The minimum atomic E-state index is -4.40. The lowest BCUT2D eigenvalue weighted by Crippen LogP contribution is -2.34. The smallest absolute Gasteiger partial charge is 0.419 e. The lowest BCUT2D eigenvalue weighted by Gasteiger charge is -2.30. The first-order valence-corrected chi connectivity index (χ1v) is 7.08. The molecule has 3 rings (SSSR count). The van der Waals surface area contributed by atoms with Gasteiger partial charge in [-0.3, -0.25) is 4.90 Å². The average Bonchev–Trinajstić information content (AvgIpc) is 2.66. The number of hydrogen-bond donors (Lipinski definition) is 0. The third-order valence-electron chi connectivity index (χ3n) is 4.62. The zero-order valence-electron chi connectivity index (χ0n) is 12.1. The van der Waals surface area contributed by atoms with E-state index < -0.39 is 11.7 Å². The number of nitrogens with zero attached hydrogens (tertiary/aromatic N) is 1. The van der Waals surface area contributed by atoms with Crippen LogP contribution in [0, 0.1) is 0 Å². The van der Waals surface area contributed by atoms with E-state index in [2.05, 4.69) is 18.0 Å². The predicted octanol–water partition coefficient (Wildman–Crippen LogP) is 3.96. The summed E-state index contributed by atoms with van der Waals surface area (Å²) in [5, 5.41) is 0. The van der Waals surface area contributed by atoms with Gasteiger partial charge in [0, 0.05) is 12.1 Å². The van der Waals surface area contributed by atoms with Crippen LogP contribution in [0.3, 0.4) is 0 Å². The molecule has 114 valence electrons. The first-order valence-electron chi connectivity index (χ1n) is 7.08. The van der Waals surface area contributed by atoms with Crippen molar-refractivity contribution in [1.29, 1.82) is 0 Å². The molecule has 1 saturated heterocycles. The van der Waals surface area contributed by atoms with Crippen molar-refractivity contribution in [2.45, 2.75) is 37.5 Å². The Kier molecular flexibility index (Phi) is 3.48. The minimum absolute atomic E-state index is 0.122. The van der Waals surface area contributed by atoms with Gasteiger partial charge in [-0.2, -0.15) is 13.2 Å². The molecule has 5 heteroatoms. The van der Waals surface area contributed by atoms with Crippen LogP contribution in [-0.2, 0) is 6.18 Å². The van der Waals surface area contributed by atoms with Crippen molar-refractivity contribution in [3.63, 3.8) is 0 Å². The van der Waals surface area contributed by atoms with Crippen molar-refractivity contribution < 1.29 is 17.9 Å². The lowest BCUT2D eigenvalue weighted by molar-refractivity contribution is -0.138. The molecule has 0 aromatic heterocycles. The Bertz CT molecular complexity index is 579. The summed E-state index contributed by atoms with van der Waals surface area (Å²) in [4.78, 5) is 2.32. The second kappa shape index (κ2) is 5.05. The van der Waals surface area contributed by atoms with Crippen molar-refractivity contribution in [1.82, 2.24) is 4.90 Å². The Balaban J connectivity index is 1.99. The molecule has 0 aliphatic carbocycles. The maximum Gasteiger partial charge on any atom is 0.419 e. The van der Waals surface area contributed by atoms with E-state index in [1.165, 1.54) is 19.2 Å². The van der Waals surface area contributed by atoms with Crippen LogP contribution in [0.5, 0.6) is 5.75 Å². The number of methoxy groups -OCH3 is 1. The Labute approximate surface area is 122 Å². The fraction of sp³-hybridized carbons (Fsp3) is 0.500. The van der Waals surface area contributed by atoms with Crippen LogP contribution in [0.25, 0.3) is 5.57 Å². The van der Waals surface area contributed by atoms with Crippen molar-refractivity contribution in [2.75, 3.05) is 14.2 Å². The number of likely N-dealkylation sites (N-methyl/N-ethyl adjacent to an activating group) is 1. The van der Waals surface area contributed by atoms with Crippen LogP contribution in [0.1, 0.15) is 30.4 Å². The Hall–Kier alpha value is -1.49. The summed E-state index contributed by atoms with van der Waals surface area (Å²) in [6.07, 6.45) is 0.741. The zero-order valence-corrected chi connectivity index (χ0v) is 12.1. The van der Waals surface area contributed by atoms with Crippen LogP contribution in [-0.4, -0.2) is 31.1 Å². The number of ether oxygens (including phenoxy) is 1. The Morgan fingerprint density at radius 1 is 1.24 bits per heavy atom. The summed E-state index contributed by atoms with van der Waals surface area (Å²) in [6, 6.07) is 5.17.